The first-order valence-corrected chi connectivity index (χ1v) is 9.59. The van der Waals surface area contributed by atoms with Crippen molar-refractivity contribution in [3.8, 4) is 0 Å². The molecule has 0 bridgehead atoms. The van der Waals surface area contributed by atoms with Gasteiger partial charge in [-0.05, 0) is 37.8 Å². The summed E-state index contributed by atoms with van der Waals surface area (Å²) >= 11 is 0. The lowest BCUT2D eigenvalue weighted by atomic mass is 10.1. The first-order valence-electron chi connectivity index (χ1n) is 9.59. The molecule has 1 rings (SSSR count). The van der Waals surface area contributed by atoms with E-state index in [1.807, 2.05) is 18.2 Å². The third-order valence-corrected chi connectivity index (χ3v) is 4.19. The second kappa shape index (κ2) is 14.1. The van der Waals surface area contributed by atoms with E-state index in [1.165, 1.54) is 44.6 Å². The van der Waals surface area contributed by atoms with Crippen molar-refractivity contribution in [2.75, 3.05) is 0 Å². The van der Waals surface area contributed by atoms with E-state index in [1.54, 1.807) is 12.2 Å². The average Bonchev–Trinajstić information content (AvgIpc) is 3.38. The van der Waals surface area contributed by atoms with E-state index in [2.05, 4.69) is 13.0 Å². The largest absolute Gasteiger partial charge is 0.508 e. The monoisotopic (exact) mass is 360 g/mol. The van der Waals surface area contributed by atoms with Crippen molar-refractivity contribution in [1.82, 2.24) is 0 Å². The fraction of sp³-hybridized carbons (Fsp3) is 0.500. The fourth-order valence-electron chi connectivity index (χ4n) is 2.66. The number of hydrogen-bond acceptors (Lipinski definition) is 3. The van der Waals surface area contributed by atoms with Crippen LogP contribution in [0.3, 0.4) is 0 Å². The van der Waals surface area contributed by atoms with Gasteiger partial charge in [0.05, 0.1) is 12.2 Å². The molecule has 0 amide bonds. The fourth-order valence-corrected chi connectivity index (χ4v) is 2.66. The highest BCUT2D eigenvalue weighted by molar-refractivity contribution is 5.80. The zero-order chi connectivity index (χ0) is 19.0. The van der Waals surface area contributed by atoms with Gasteiger partial charge in [-0.2, -0.15) is 0 Å². The third-order valence-electron chi connectivity index (χ3n) is 4.19. The summed E-state index contributed by atoms with van der Waals surface area (Å²) in [4.78, 5) is 10.3. The van der Waals surface area contributed by atoms with Crippen LogP contribution in [0.25, 0.3) is 0 Å². The Bertz CT molecular complexity index is 540. The molecule has 2 atom stereocenters. The van der Waals surface area contributed by atoms with E-state index >= 15 is 0 Å². The highest BCUT2D eigenvalue weighted by Gasteiger charge is 2.35. The molecule has 4 heteroatoms. The van der Waals surface area contributed by atoms with Gasteiger partial charge in [0.15, 0.2) is 0 Å². The van der Waals surface area contributed by atoms with Crippen molar-refractivity contribution in [1.29, 1.82) is 0 Å². The summed E-state index contributed by atoms with van der Waals surface area (Å²) in [5, 5.41) is 17.8. The number of aliphatic carboxylic acids is 1. The van der Waals surface area contributed by atoms with Gasteiger partial charge in [-0.1, -0.05) is 69.1 Å². The molecule has 1 aliphatic rings. The lowest BCUT2D eigenvalue weighted by Crippen LogP contribution is -1.92. The summed E-state index contributed by atoms with van der Waals surface area (Å²) in [6.45, 7) is 2.19. The highest BCUT2D eigenvalue weighted by atomic mass is 16.6. The van der Waals surface area contributed by atoms with Gasteiger partial charge in [-0.15, -0.1) is 0 Å². The molecule has 1 heterocycles. The van der Waals surface area contributed by atoms with Gasteiger partial charge in [0.2, 0.25) is 0 Å². The second-order valence-electron chi connectivity index (χ2n) is 6.43. The molecular weight excluding hydrogens is 328 g/mol. The van der Waals surface area contributed by atoms with Gasteiger partial charge >= 0.3 is 5.97 Å². The number of aliphatic hydroxyl groups excluding tert-OH is 1. The molecule has 1 fully saturated rings. The van der Waals surface area contributed by atoms with E-state index in [0.29, 0.717) is 12.2 Å². The second-order valence-corrected chi connectivity index (χ2v) is 6.43. The number of epoxide rings is 1. The van der Waals surface area contributed by atoms with Crippen molar-refractivity contribution in [2.45, 2.75) is 70.5 Å². The van der Waals surface area contributed by atoms with Crippen LogP contribution in [0.1, 0.15) is 58.3 Å². The Hall–Kier alpha value is -2.07. The standard InChI is InChI=1S/C22H32O4/c1-2-20-21(26-20)16-14-12-10-8-6-4-3-5-7-9-11-13-15-19(23)17-18-22(24)25/h3,5,7,9,11,13,15,17-18,20-21,23H,2,4,6,8,10,12,14,16H2,1H3,(H,24,25). The number of rotatable bonds is 14. The zero-order valence-electron chi connectivity index (χ0n) is 15.7. The molecule has 0 spiro atoms. The Morgan fingerprint density at radius 2 is 1.58 bits per heavy atom. The number of carboxylic acids is 1. The van der Waals surface area contributed by atoms with Gasteiger partial charge < -0.3 is 14.9 Å². The maximum Gasteiger partial charge on any atom is 0.328 e. The normalized spacial score (nSPS) is 20.9. The zero-order valence-corrected chi connectivity index (χ0v) is 15.7. The molecule has 4 nitrogen and oxygen atoms in total. The van der Waals surface area contributed by atoms with E-state index < -0.39 is 5.97 Å². The van der Waals surface area contributed by atoms with Crippen molar-refractivity contribution >= 4 is 5.97 Å². The maximum atomic E-state index is 10.3. The number of carbonyl (C=O) groups is 1. The number of carboxylic acid groups (broad SMARTS) is 1. The topological polar surface area (TPSA) is 70.1 Å². The molecule has 1 aliphatic heterocycles. The van der Waals surface area contributed by atoms with Crippen LogP contribution in [0.4, 0.5) is 0 Å². The summed E-state index contributed by atoms with van der Waals surface area (Å²) in [5.74, 6) is -1.18. The third kappa shape index (κ3) is 12.3. The van der Waals surface area contributed by atoms with Gasteiger partial charge in [-0.25, -0.2) is 4.79 Å². The van der Waals surface area contributed by atoms with Crippen LogP contribution in [0.2, 0.25) is 0 Å². The molecule has 0 aromatic rings. The summed E-state index contributed by atoms with van der Waals surface area (Å²) < 4.78 is 5.54. The Morgan fingerprint density at radius 3 is 2.31 bits per heavy atom. The predicted molar refractivity (Wildman–Crippen MR) is 106 cm³/mol. The van der Waals surface area contributed by atoms with Crippen LogP contribution in [-0.4, -0.2) is 28.4 Å². The van der Waals surface area contributed by atoms with Crippen molar-refractivity contribution in [2.24, 2.45) is 0 Å². The van der Waals surface area contributed by atoms with E-state index in [9.17, 15) is 9.90 Å². The Kier molecular flexibility index (Phi) is 11.9. The minimum atomic E-state index is -1.09. The van der Waals surface area contributed by atoms with E-state index in [0.717, 1.165) is 25.0 Å². The van der Waals surface area contributed by atoms with Crippen molar-refractivity contribution in [3.05, 3.63) is 60.4 Å². The molecule has 0 aliphatic carbocycles. The van der Waals surface area contributed by atoms with Crippen LogP contribution in [0.5, 0.6) is 0 Å². The molecule has 0 saturated carbocycles. The Labute approximate surface area is 157 Å². The van der Waals surface area contributed by atoms with Crippen LogP contribution in [0.15, 0.2) is 60.4 Å². The van der Waals surface area contributed by atoms with Crippen LogP contribution < -0.4 is 0 Å². The Balaban J connectivity index is 1.95. The molecule has 1 saturated heterocycles. The van der Waals surface area contributed by atoms with Crippen LogP contribution in [-0.2, 0) is 9.53 Å². The number of ether oxygens (including phenoxy) is 1. The lowest BCUT2D eigenvalue weighted by molar-refractivity contribution is -0.131. The molecule has 144 valence electrons. The maximum absolute atomic E-state index is 10.3. The highest BCUT2D eigenvalue weighted by Crippen LogP contribution is 2.29. The number of hydrogen-bond donors (Lipinski definition) is 2. The van der Waals surface area contributed by atoms with Crippen LogP contribution in [0, 0.1) is 0 Å². The first-order chi connectivity index (χ1) is 12.6. The van der Waals surface area contributed by atoms with Gasteiger partial charge in [0, 0.05) is 6.08 Å². The summed E-state index contributed by atoms with van der Waals surface area (Å²) in [6.07, 6.45) is 25.9. The summed E-state index contributed by atoms with van der Waals surface area (Å²) in [5.41, 5.74) is 0. The number of allylic oxidation sites excluding steroid dienone is 8. The number of unbranched alkanes of at least 4 members (excludes halogenated alkanes) is 5. The Morgan fingerprint density at radius 1 is 0.885 bits per heavy atom. The van der Waals surface area contributed by atoms with E-state index in [-0.39, 0.29) is 5.76 Å². The molecule has 0 aromatic heterocycles. The smallest absolute Gasteiger partial charge is 0.328 e. The minimum Gasteiger partial charge on any atom is -0.508 e. The molecule has 0 radical (unpaired) electrons. The molecule has 0 aromatic carbocycles. The van der Waals surface area contributed by atoms with Gasteiger partial charge in [0.25, 0.3) is 0 Å². The predicted octanol–water partition coefficient (Wildman–Crippen LogP) is 5.65. The minimum absolute atomic E-state index is 0.0950. The molecule has 26 heavy (non-hydrogen) atoms. The average molecular weight is 360 g/mol. The summed E-state index contributed by atoms with van der Waals surface area (Å²) in [6, 6.07) is 0. The lowest BCUT2D eigenvalue weighted by Gasteiger charge is -1.98. The SMILES string of the molecule is CCC1OC1CCCCCCCC=CC=CC=CC=C(O)C=CC(=O)O. The van der Waals surface area contributed by atoms with Crippen molar-refractivity contribution in [3.63, 3.8) is 0 Å². The first kappa shape index (κ1) is 22.0. The van der Waals surface area contributed by atoms with Crippen LogP contribution >= 0.6 is 0 Å². The van der Waals surface area contributed by atoms with Gasteiger partial charge in [-0.3, -0.25) is 0 Å². The molecule has 2 unspecified atom stereocenters. The number of aliphatic hydroxyl groups is 1. The van der Waals surface area contributed by atoms with Crippen molar-refractivity contribution < 1.29 is 19.7 Å². The van der Waals surface area contributed by atoms with E-state index in [4.69, 9.17) is 9.84 Å². The quantitative estimate of drug-likeness (QED) is 0.138. The summed E-state index contributed by atoms with van der Waals surface area (Å²) in [7, 11) is 0. The molecular formula is C22H32O4. The molecule has 2 N–H and O–H groups in total. The van der Waals surface area contributed by atoms with Gasteiger partial charge in [0.1, 0.15) is 5.76 Å².